The second kappa shape index (κ2) is 8.79. The molecule has 0 aromatic heterocycles. The number of hydrogen-bond donors (Lipinski definition) is 0. The molecule has 8 nitrogen and oxygen atoms in total. The Kier molecular flexibility index (Phi) is 6.69. The van der Waals surface area contributed by atoms with Crippen LogP contribution in [0.4, 0.5) is 0 Å². The van der Waals surface area contributed by atoms with E-state index in [4.69, 9.17) is 14.3 Å². The summed E-state index contributed by atoms with van der Waals surface area (Å²) >= 11 is 0. The Morgan fingerprint density at radius 3 is 2.21 bits per heavy atom. The van der Waals surface area contributed by atoms with Crippen molar-refractivity contribution in [3.8, 4) is 0 Å². The molecular formula is C20H23NO7. The van der Waals surface area contributed by atoms with Gasteiger partial charge in [0, 0.05) is 6.42 Å². The van der Waals surface area contributed by atoms with Crippen molar-refractivity contribution in [2.24, 2.45) is 0 Å². The molecule has 0 aliphatic carbocycles. The van der Waals surface area contributed by atoms with E-state index in [1.54, 1.807) is 32.9 Å². The number of amides is 2. The van der Waals surface area contributed by atoms with Gasteiger partial charge in [-0.25, -0.2) is 9.63 Å². The van der Waals surface area contributed by atoms with Crippen molar-refractivity contribution in [2.45, 2.75) is 45.3 Å². The van der Waals surface area contributed by atoms with Crippen molar-refractivity contribution in [1.82, 2.24) is 5.06 Å². The highest BCUT2D eigenvalue weighted by molar-refractivity contribution is 6.20. The van der Waals surface area contributed by atoms with Crippen LogP contribution >= 0.6 is 0 Å². The summed E-state index contributed by atoms with van der Waals surface area (Å²) in [7, 11) is 0. The first-order valence-corrected chi connectivity index (χ1v) is 8.78. The monoisotopic (exact) mass is 389 g/mol. The summed E-state index contributed by atoms with van der Waals surface area (Å²) in [6.07, 6.45) is -0.213. The molecule has 0 saturated heterocycles. The van der Waals surface area contributed by atoms with Gasteiger partial charge >= 0.3 is 11.9 Å². The van der Waals surface area contributed by atoms with E-state index in [1.807, 2.05) is 0 Å². The van der Waals surface area contributed by atoms with Gasteiger partial charge in [-0.2, -0.15) is 0 Å². The zero-order valence-corrected chi connectivity index (χ0v) is 16.1. The molecule has 0 fully saturated rings. The Labute approximate surface area is 163 Å². The molecule has 0 N–H and O–H groups in total. The standard InChI is InChI=1S/C20H23NO7/c1-5-12-26-16(22)11-10-15(19(25)27-20(2,3)4)28-21-17(23)13-8-6-7-9-14(13)18(21)24/h5-9,15H,1,10-12H2,2-4H3/t15-/m1/s1. The molecular weight excluding hydrogens is 366 g/mol. The number of rotatable bonds is 8. The van der Waals surface area contributed by atoms with Crippen LogP contribution in [-0.2, 0) is 23.9 Å². The molecule has 2 amide bonds. The maximum Gasteiger partial charge on any atom is 0.338 e. The third kappa shape index (κ3) is 5.26. The van der Waals surface area contributed by atoms with Crippen LogP contribution in [0.1, 0.15) is 54.3 Å². The molecule has 28 heavy (non-hydrogen) atoms. The number of carbonyl (C=O) groups excluding carboxylic acids is 4. The number of fused-ring (bicyclic) bond motifs is 1. The van der Waals surface area contributed by atoms with E-state index in [1.165, 1.54) is 18.2 Å². The Bertz CT molecular complexity index is 759. The van der Waals surface area contributed by atoms with Gasteiger partial charge in [-0.05, 0) is 39.3 Å². The Balaban J connectivity index is 2.14. The number of imide groups is 1. The average Bonchev–Trinajstić information content (AvgIpc) is 2.86. The third-order valence-corrected chi connectivity index (χ3v) is 3.63. The number of benzene rings is 1. The summed E-state index contributed by atoms with van der Waals surface area (Å²) in [6.45, 7) is 8.49. The van der Waals surface area contributed by atoms with Crippen molar-refractivity contribution in [2.75, 3.05) is 6.61 Å². The van der Waals surface area contributed by atoms with Crippen LogP contribution in [0.25, 0.3) is 0 Å². The van der Waals surface area contributed by atoms with Crippen molar-refractivity contribution in [3.63, 3.8) is 0 Å². The molecule has 1 aromatic rings. The van der Waals surface area contributed by atoms with E-state index in [2.05, 4.69) is 6.58 Å². The summed E-state index contributed by atoms with van der Waals surface area (Å²) in [5, 5.41) is 0.536. The van der Waals surface area contributed by atoms with Gasteiger partial charge < -0.3 is 9.47 Å². The normalized spacial score (nSPS) is 14.5. The highest BCUT2D eigenvalue weighted by atomic mass is 16.7. The van der Waals surface area contributed by atoms with Gasteiger partial charge in [-0.1, -0.05) is 24.8 Å². The quantitative estimate of drug-likeness (QED) is 0.382. The largest absolute Gasteiger partial charge is 0.461 e. The van der Waals surface area contributed by atoms with E-state index in [0.717, 1.165) is 0 Å². The van der Waals surface area contributed by atoms with E-state index < -0.39 is 35.5 Å². The molecule has 2 rings (SSSR count). The minimum absolute atomic E-state index is 0.0369. The van der Waals surface area contributed by atoms with Crippen LogP contribution in [0.2, 0.25) is 0 Å². The van der Waals surface area contributed by atoms with Crippen LogP contribution < -0.4 is 0 Å². The van der Waals surface area contributed by atoms with E-state index in [0.29, 0.717) is 5.06 Å². The highest BCUT2D eigenvalue weighted by Gasteiger charge is 2.40. The minimum Gasteiger partial charge on any atom is -0.461 e. The average molecular weight is 389 g/mol. The molecule has 150 valence electrons. The molecule has 1 aliphatic heterocycles. The number of esters is 2. The second-order valence-electron chi connectivity index (χ2n) is 7.09. The molecule has 1 heterocycles. The lowest BCUT2D eigenvalue weighted by Crippen LogP contribution is -2.41. The van der Waals surface area contributed by atoms with Gasteiger partial charge in [0.15, 0.2) is 6.10 Å². The summed E-state index contributed by atoms with van der Waals surface area (Å²) in [4.78, 5) is 54.6. The number of nitrogens with zero attached hydrogens (tertiary/aromatic N) is 1. The first-order chi connectivity index (χ1) is 13.1. The summed E-state index contributed by atoms with van der Waals surface area (Å²) in [5.41, 5.74) is -0.453. The lowest BCUT2D eigenvalue weighted by molar-refractivity contribution is -0.190. The Morgan fingerprint density at radius 1 is 1.14 bits per heavy atom. The third-order valence-electron chi connectivity index (χ3n) is 3.63. The first-order valence-electron chi connectivity index (χ1n) is 8.78. The minimum atomic E-state index is -1.34. The van der Waals surface area contributed by atoms with Crippen LogP contribution in [0.3, 0.4) is 0 Å². The molecule has 1 aliphatic rings. The summed E-state index contributed by atoms with van der Waals surface area (Å²) in [6, 6.07) is 6.23. The fourth-order valence-corrected chi connectivity index (χ4v) is 2.44. The lowest BCUT2D eigenvalue weighted by Gasteiger charge is -2.25. The van der Waals surface area contributed by atoms with Crippen LogP contribution in [0.15, 0.2) is 36.9 Å². The maximum absolute atomic E-state index is 12.5. The maximum atomic E-state index is 12.5. The number of hydrogen-bond acceptors (Lipinski definition) is 7. The van der Waals surface area contributed by atoms with Gasteiger partial charge in [-0.3, -0.25) is 14.4 Å². The molecule has 1 atom stereocenters. The van der Waals surface area contributed by atoms with Gasteiger partial charge in [0.2, 0.25) is 0 Å². The van der Waals surface area contributed by atoms with Crippen molar-refractivity contribution < 1.29 is 33.5 Å². The Hall–Kier alpha value is -3.00. The zero-order valence-electron chi connectivity index (χ0n) is 16.1. The predicted molar refractivity (Wildman–Crippen MR) is 98.1 cm³/mol. The van der Waals surface area contributed by atoms with E-state index >= 15 is 0 Å². The van der Waals surface area contributed by atoms with Crippen LogP contribution in [0, 0.1) is 0 Å². The highest BCUT2D eigenvalue weighted by Crippen LogP contribution is 2.25. The van der Waals surface area contributed by atoms with Gasteiger partial charge in [-0.15, -0.1) is 5.06 Å². The smallest absolute Gasteiger partial charge is 0.338 e. The molecule has 8 heteroatoms. The van der Waals surface area contributed by atoms with Gasteiger partial charge in [0.25, 0.3) is 11.8 Å². The van der Waals surface area contributed by atoms with E-state index in [-0.39, 0.29) is 30.6 Å². The van der Waals surface area contributed by atoms with Gasteiger partial charge in [0.1, 0.15) is 12.2 Å². The fourth-order valence-electron chi connectivity index (χ4n) is 2.44. The molecule has 1 aromatic carbocycles. The molecule has 0 unspecified atom stereocenters. The SMILES string of the molecule is C=CCOC(=O)CC[C@@H](ON1C(=O)c2ccccc2C1=O)C(=O)OC(C)(C)C. The Morgan fingerprint density at radius 2 is 1.71 bits per heavy atom. The fraction of sp³-hybridized carbons (Fsp3) is 0.400. The van der Waals surface area contributed by atoms with Gasteiger partial charge in [0.05, 0.1) is 11.1 Å². The van der Waals surface area contributed by atoms with Crippen LogP contribution in [0.5, 0.6) is 0 Å². The van der Waals surface area contributed by atoms with Crippen molar-refractivity contribution in [1.29, 1.82) is 0 Å². The summed E-state index contributed by atoms with van der Waals surface area (Å²) in [5.74, 6) is -2.72. The van der Waals surface area contributed by atoms with Crippen molar-refractivity contribution in [3.05, 3.63) is 48.0 Å². The molecule has 0 radical (unpaired) electrons. The number of carbonyl (C=O) groups is 4. The predicted octanol–water partition coefficient (Wildman–Crippen LogP) is 2.43. The second-order valence-corrected chi connectivity index (χ2v) is 7.09. The van der Waals surface area contributed by atoms with Crippen LogP contribution in [-0.4, -0.2) is 47.1 Å². The summed E-state index contributed by atoms with van der Waals surface area (Å²) < 4.78 is 10.2. The first kappa shape index (κ1) is 21.3. The molecule has 0 bridgehead atoms. The zero-order chi connectivity index (χ0) is 20.9. The lowest BCUT2D eigenvalue weighted by atomic mass is 10.1. The van der Waals surface area contributed by atoms with Crippen molar-refractivity contribution >= 4 is 23.8 Å². The molecule has 0 saturated carbocycles. The topological polar surface area (TPSA) is 99.2 Å². The number of hydroxylamine groups is 2. The molecule has 0 spiro atoms. The van der Waals surface area contributed by atoms with E-state index in [9.17, 15) is 19.2 Å². The number of ether oxygens (including phenoxy) is 2.